The van der Waals surface area contributed by atoms with E-state index in [1.54, 1.807) is 42.2 Å². The molecule has 2 aromatic carbocycles. The van der Waals surface area contributed by atoms with Crippen molar-refractivity contribution in [3.05, 3.63) is 53.6 Å². The van der Waals surface area contributed by atoms with Gasteiger partial charge >= 0.3 is 5.97 Å². The molecule has 1 saturated heterocycles. The predicted octanol–water partition coefficient (Wildman–Crippen LogP) is 3.39. The third-order valence-corrected chi connectivity index (χ3v) is 7.43. The standard InChI is InChI=1S/C24H30N2O6S/c1-5-31-20-11-9-19(10-12-20)25(4)33(29,30)21-13-8-17(2)22(16-21)24(28)32-18(3)23(27)26-14-6-7-15-26/h8-13,16,18H,5-7,14-15H2,1-4H3. The van der Waals surface area contributed by atoms with E-state index in [2.05, 4.69) is 0 Å². The lowest BCUT2D eigenvalue weighted by molar-refractivity contribution is -0.138. The van der Waals surface area contributed by atoms with Gasteiger partial charge in [0.1, 0.15) is 5.75 Å². The maximum atomic E-state index is 13.2. The Balaban J connectivity index is 1.80. The molecule has 9 heteroatoms. The lowest BCUT2D eigenvalue weighted by atomic mass is 10.1. The summed E-state index contributed by atoms with van der Waals surface area (Å²) in [4.78, 5) is 26.9. The number of hydrogen-bond donors (Lipinski definition) is 0. The molecule has 3 rings (SSSR count). The molecular weight excluding hydrogens is 444 g/mol. The number of ether oxygens (including phenoxy) is 2. The van der Waals surface area contributed by atoms with Gasteiger partial charge in [0.05, 0.1) is 22.8 Å². The number of benzene rings is 2. The Labute approximate surface area is 195 Å². The largest absolute Gasteiger partial charge is 0.494 e. The van der Waals surface area contributed by atoms with Gasteiger partial charge in [0.15, 0.2) is 6.10 Å². The zero-order chi connectivity index (χ0) is 24.2. The molecule has 1 unspecified atom stereocenters. The summed E-state index contributed by atoms with van der Waals surface area (Å²) in [6.45, 7) is 6.92. The third kappa shape index (κ3) is 5.47. The summed E-state index contributed by atoms with van der Waals surface area (Å²) in [5.74, 6) is -0.323. The normalized spacial score (nSPS) is 14.6. The van der Waals surface area contributed by atoms with Crippen LogP contribution in [0.4, 0.5) is 5.69 Å². The van der Waals surface area contributed by atoms with Gasteiger partial charge in [0.2, 0.25) is 0 Å². The fourth-order valence-corrected chi connectivity index (χ4v) is 4.89. The Morgan fingerprint density at radius 1 is 1.09 bits per heavy atom. The van der Waals surface area contributed by atoms with Gasteiger partial charge in [-0.15, -0.1) is 0 Å². The maximum Gasteiger partial charge on any atom is 0.339 e. The van der Waals surface area contributed by atoms with Crippen molar-refractivity contribution in [3.63, 3.8) is 0 Å². The third-order valence-electron chi connectivity index (χ3n) is 5.65. The maximum absolute atomic E-state index is 13.2. The Kier molecular flexibility index (Phi) is 7.63. The molecule has 1 aliphatic rings. The van der Waals surface area contributed by atoms with E-state index in [0.717, 1.165) is 17.1 Å². The highest BCUT2D eigenvalue weighted by atomic mass is 32.2. The van der Waals surface area contributed by atoms with Crippen molar-refractivity contribution < 1.29 is 27.5 Å². The highest BCUT2D eigenvalue weighted by Gasteiger charge is 2.28. The lowest BCUT2D eigenvalue weighted by Crippen LogP contribution is -2.38. The number of aryl methyl sites for hydroxylation is 1. The molecule has 0 saturated carbocycles. The fourth-order valence-electron chi connectivity index (χ4n) is 3.67. The molecule has 1 fully saturated rings. The molecule has 0 N–H and O–H groups in total. The van der Waals surface area contributed by atoms with Crippen LogP contribution in [0.3, 0.4) is 0 Å². The van der Waals surface area contributed by atoms with Crippen LogP contribution in [0.5, 0.6) is 5.75 Å². The summed E-state index contributed by atoms with van der Waals surface area (Å²) in [5, 5.41) is 0. The molecule has 0 aliphatic carbocycles. The highest BCUT2D eigenvalue weighted by Crippen LogP contribution is 2.26. The van der Waals surface area contributed by atoms with Gasteiger partial charge in [-0.3, -0.25) is 9.10 Å². The van der Waals surface area contributed by atoms with Crippen LogP contribution >= 0.6 is 0 Å². The molecular formula is C24H30N2O6S. The fraction of sp³-hybridized carbons (Fsp3) is 0.417. The molecule has 1 heterocycles. The number of amides is 1. The zero-order valence-corrected chi connectivity index (χ0v) is 20.2. The zero-order valence-electron chi connectivity index (χ0n) is 19.4. The number of carbonyl (C=O) groups excluding carboxylic acids is 2. The average molecular weight is 475 g/mol. The minimum Gasteiger partial charge on any atom is -0.494 e. The van der Waals surface area contributed by atoms with E-state index in [1.165, 1.54) is 26.1 Å². The number of rotatable bonds is 8. The molecule has 0 aromatic heterocycles. The van der Waals surface area contributed by atoms with Crippen molar-refractivity contribution in [2.45, 2.75) is 44.6 Å². The van der Waals surface area contributed by atoms with Crippen molar-refractivity contribution >= 4 is 27.6 Å². The van der Waals surface area contributed by atoms with Gasteiger partial charge in [-0.05, 0) is 75.6 Å². The van der Waals surface area contributed by atoms with Crippen LogP contribution in [0.1, 0.15) is 42.6 Å². The number of likely N-dealkylation sites (tertiary alicyclic amines) is 1. The smallest absolute Gasteiger partial charge is 0.339 e. The minimum atomic E-state index is -3.94. The topological polar surface area (TPSA) is 93.2 Å². The molecule has 0 bridgehead atoms. The van der Waals surface area contributed by atoms with E-state index in [-0.39, 0.29) is 16.4 Å². The molecule has 178 valence electrons. The number of carbonyl (C=O) groups is 2. The molecule has 0 spiro atoms. The van der Waals surface area contributed by atoms with Crippen LogP contribution in [0.15, 0.2) is 47.4 Å². The number of esters is 1. The second-order valence-corrected chi connectivity index (χ2v) is 9.93. The van der Waals surface area contributed by atoms with Crippen LogP contribution in [-0.4, -0.2) is 58.0 Å². The first-order valence-electron chi connectivity index (χ1n) is 11.0. The predicted molar refractivity (Wildman–Crippen MR) is 125 cm³/mol. The first kappa shape index (κ1) is 24.6. The van der Waals surface area contributed by atoms with E-state index in [9.17, 15) is 18.0 Å². The SMILES string of the molecule is CCOc1ccc(N(C)S(=O)(=O)c2ccc(C)c(C(=O)OC(C)C(=O)N3CCCC3)c2)cc1. The summed E-state index contributed by atoms with van der Waals surface area (Å²) in [7, 11) is -2.49. The van der Waals surface area contributed by atoms with Gasteiger partial charge in [-0.25, -0.2) is 13.2 Å². The Bertz CT molecular complexity index is 1110. The Morgan fingerprint density at radius 2 is 1.73 bits per heavy atom. The molecule has 8 nitrogen and oxygen atoms in total. The van der Waals surface area contributed by atoms with Gasteiger partial charge in [0.25, 0.3) is 15.9 Å². The van der Waals surface area contributed by atoms with Crippen molar-refractivity contribution in [2.75, 3.05) is 31.0 Å². The van der Waals surface area contributed by atoms with E-state index < -0.39 is 22.1 Å². The first-order chi connectivity index (χ1) is 15.6. The number of sulfonamides is 1. The Morgan fingerprint density at radius 3 is 2.33 bits per heavy atom. The second kappa shape index (κ2) is 10.2. The summed E-state index contributed by atoms with van der Waals surface area (Å²) in [5.41, 5.74) is 1.12. The van der Waals surface area contributed by atoms with E-state index in [0.29, 0.717) is 36.7 Å². The van der Waals surface area contributed by atoms with Crippen LogP contribution in [-0.2, 0) is 19.6 Å². The van der Waals surface area contributed by atoms with E-state index >= 15 is 0 Å². The van der Waals surface area contributed by atoms with Gasteiger partial charge < -0.3 is 14.4 Å². The second-order valence-electron chi connectivity index (χ2n) is 7.96. The molecule has 33 heavy (non-hydrogen) atoms. The Hall–Kier alpha value is -3.07. The molecule has 1 amide bonds. The average Bonchev–Trinajstić information content (AvgIpc) is 3.33. The summed E-state index contributed by atoms with van der Waals surface area (Å²) in [6.07, 6.45) is 0.933. The van der Waals surface area contributed by atoms with Gasteiger partial charge in [0, 0.05) is 20.1 Å². The molecule has 1 aliphatic heterocycles. The van der Waals surface area contributed by atoms with Crippen molar-refractivity contribution in [3.8, 4) is 5.75 Å². The van der Waals surface area contributed by atoms with Crippen molar-refractivity contribution in [2.24, 2.45) is 0 Å². The minimum absolute atomic E-state index is 0.0463. The quantitative estimate of drug-likeness (QED) is 0.545. The van der Waals surface area contributed by atoms with Crippen LogP contribution in [0.2, 0.25) is 0 Å². The van der Waals surface area contributed by atoms with Gasteiger partial charge in [-0.1, -0.05) is 6.07 Å². The van der Waals surface area contributed by atoms with Crippen molar-refractivity contribution in [1.29, 1.82) is 0 Å². The monoisotopic (exact) mass is 474 g/mol. The molecule has 0 radical (unpaired) electrons. The molecule has 1 atom stereocenters. The first-order valence-corrected chi connectivity index (χ1v) is 12.4. The number of anilines is 1. The summed E-state index contributed by atoms with van der Waals surface area (Å²) < 4.78 is 38.4. The number of hydrogen-bond acceptors (Lipinski definition) is 6. The summed E-state index contributed by atoms with van der Waals surface area (Å²) in [6, 6.07) is 11.0. The highest BCUT2D eigenvalue weighted by molar-refractivity contribution is 7.92. The van der Waals surface area contributed by atoms with E-state index in [4.69, 9.17) is 9.47 Å². The summed E-state index contributed by atoms with van der Waals surface area (Å²) >= 11 is 0. The van der Waals surface area contributed by atoms with Crippen LogP contribution in [0, 0.1) is 6.92 Å². The van der Waals surface area contributed by atoms with E-state index in [1.807, 2.05) is 6.92 Å². The van der Waals surface area contributed by atoms with Crippen molar-refractivity contribution in [1.82, 2.24) is 4.90 Å². The van der Waals surface area contributed by atoms with Crippen LogP contribution < -0.4 is 9.04 Å². The lowest BCUT2D eigenvalue weighted by Gasteiger charge is -2.22. The molecule has 2 aromatic rings. The number of nitrogens with zero attached hydrogens (tertiary/aromatic N) is 2. The van der Waals surface area contributed by atoms with Gasteiger partial charge in [-0.2, -0.15) is 0 Å². The van der Waals surface area contributed by atoms with Crippen LogP contribution in [0.25, 0.3) is 0 Å².